The van der Waals surface area contributed by atoms with Crippen molar-refractivity contribution in [2.45, 2.75) is 64.5 Å². The Morgan fingerprint density at radius 1 is 1.50 bits per heavy atom. The molecule has 1 amide bonds. The average Bonchev–Trinajstić information content (AvgIpc) is 2.67. The molecule has 3 heteroatoms. The molecule has 1 saturated heterocycles. The van der Waals surface area contributed by atoms with Crippen LogP contribution in [0.25, 0.3) is 0 Å². The second kappa shape index (κ2) is 4.02. The molecule has 0 bridgehead atoms. The normalized spacial score (nSPS) is 36.1. The first-order valence-corrected chi connectivity index (χ1v) is 6.56. The third kappa shape index (κ3) is 2.10. The van der Waals surface area contributed by atoms with Crippen LogP contribution in [0.15, 0.2) is 0 Å². The number of nitrogens with one attached hydrogen (secondary N) is 2. The Balaban J connectivity index is 1.95. The molecule has 0 aromatic rings. The summed E-state index contributed by atoms with van der Waals surface area (Å²) in [5.74, 6) is 0.238. The molecule has 0 radical (unpaired) electrons. The zero-order valence-electron chi connectivity index (χ0n) is 10.7. The van der Waals surface area contributed by atoms with Crippen molar-refractivity contribution in [2.24, 2.45) is 5.41 Å². The molecule has 1 aliphatic heterocycles. The number of carbonyl (C=O) groups is 1. The van der Waals surface area contributed by atoms with Crippen LogP contribution in [-0.4, -0.2) is 24.0 Å². The first-order valence-electron chi connectivity index (χ1n) is 6.56. The minimum atomic E-state index is -0.257. The summed E-state index contributed by atoms with van der Waals surface area (Å²) in [6, 6.07) is 0.399. The van der Waals surface area contributed by atoms with E-state index in [1.807, 2.05) is 0 Å². The van der Waals surface area contributed by atoms with E-state index in [4.69, 9.17) is 0 Å². The van der Waals surface area contributed by atoms with Crippen molar-refractivity contribution in [3.8, 4) is 0 Å². The Bertz CT molecular complexity index is 280. The van der Waals surface area contributed by atoms with E-state index >= 15 is 0 Å². The molecular weight excluding hydrogens is 200 g/mol. The molecule has 0 aromatic carbocycles. The van der Waals surface area contributed by atoms with Crippen molar-refractivity contribution >= 4 is 5.91 Å². The molecule has 2 rings (SSSR count). The van der Waals surface area contributed by atoms with E-state index in [2.05, 4.69) is 31.4 Å². The molecule has 2 aliphatic rings. The van der Waals surface area contributed by atoms with Crippen LogP contribution in [0.1, 0.15) is 52.9 Å². The van der Waals surface area contributed by atoms with Crippen LogP contribution in [0, 0.1) is 5.41 Å². The maximum Gasteiger partial charge on any atom is 0.240 e. The van der Waals surface area contributed by atoms with Gasteiger partial charge in [-0.05, 0) is 37.6 Å². The third-order valence-electron chi connectivity index (χ3n) is 4.17. The zero-order valence-corrected chi connectivity index (χ0v) is 10.7. The van der Waals surface area contributed by atoms with Gasteiger partial charge in [0.15, 0.2) is 0 Å². The van der Waals surface area contributed by atoms with Crippen LogP contribution < -0.4 is 10.6 Å². The highest BCUT2D eigenvalue weighted by Gasteiger charge is 2.49. The van der Waals surface area contributed by atoms with Crippen molar-refractivity contribution in [1.29, 1.82) is 0 Å². The van der Waals surface area contributed by atoms with Crippen LogP contribution in [0.5, 0.6) is 0 Å². The molecule has 92 valence electrons. The highest BCUT2D eigenvalue weighted by molar-refractivity contribution is 5.87. The largest absolute Gasteiger partial charge is 0.351 e. The van der Waals surface area contributed by atoms with Crippen molar-refractivity contribution in [3.05, 3.63) is 0 Å². The summed E-state index contributed by atoms with van der Waals surface area (Å²) in [5.41, 5.74) is 0.0646. The first kappa shape index (κ1) is 11.9. The predicted molar refractivity (Wildman–Crippen MR) is 65.2 cm³/mol. The lowest BCUT2D eigenvalue weighted by molar-refractivity contribution is -0.127. The number of hydrogen-bond acceptors (Lipinski definition) is 2. The van der Waals surface area contributed by atoms with Crippen LogP contribution in [0.3, 0.4) is 0 Å². The average molecular weight is 224 g/mol. The van der Waals surface area contributed by atoms with E-state index in [0.29, 0.717) is 11.5 Å². The van der Waals surface area contributed by atoms with Crippen LogP contribution in [0.4, 0.5) is 0 Å². The van der Waals surface area contributed by atoms with E-state index < -0.39 is 0 Å². The van der Waals surface area contributed by atoms with Gasteiger partial charge < -0.3 is 10.6 Å². The molecule has 2 atom stereocenters. The summed E-state index contributed by atoms with van der Waals surface area (Å²) in [7, 11) is 0. The van der Waals surface area contributed by atoms with Gasteiger partial charge in [0.05, 0.1) is 5.54 Å². The molecule has 0 spiro atoms. The molecule has 1 saturated carbocycles. The minimum Gasteiger partial charge on any atom is -0.351 e. The molecule has 2 N–H and O–H groups in total. The van der Waals surface area contributed by atoms with Gasteiger partial charge in [0.25, 0.3) is 0 Å². The zero-order chi connectivity index (χ0) is 11.8. The van der Waals surface area contributed by atoms with Gasteiger partial charge in [-0.1, -0.05) is 27.2 Å². The second-order valence-electron chi connectivity index (χ2n) is 6.08. The summed E-state index contributed by atoms with van der Waals surface area (Å²) in [5, 5.41) is 6.63. The summed E-state index contributed by atoms with van der Waals surface area (Å²) in [4.78, 5) is 12.3. The fourth-order valence-corrected chi connectivity index (χ4v) is 2.76. The third-order valence-corrected chi connectivity index (χ3v) is 4.17. The molecule has 3 nitrogen and oxygen atoms in total. The molecule has 1 aliphatic carbocycles. The lowest BCUT2D eigenvalue weighted by Crippen LogP contribution is -2.54. The van der Waals surface area contributed by atoms with Crippen molar-refractivity contribution in [2.75, 3.05) is 6.54 Å². The van der Waals surface area contributed by atoms with E-state index in [-0.39, 0.29) is 11.4 Å². The first-order chi connectivity index (χ1) is 7.50. The Morgan fingerprint density at radius 2 is 2.19 bits per heavy atom. The van der Waals surface area contributed by atoms with E-state index in [1.54, 1.807) is 0 Å². The van der Waals surface area contributed by atoms with Crippen molar-refractivity contribution in [3.63, 3.8) is 0 Å². The van der Waals surface area contributed by atoms with Gasteiger partial charge in [-0.15, -0.1) is 0 Å². The van der Waals surface area contributed by atoms with Crippen molar-refractivity contribution in [1.82, 2.24) is 10.6 Å². The highest BCUT2D eigenvalue weighted by atomic mass is 16.2. The van der Waals surface area contributed by atoms with Crippen LogP contribution >= 0.6 is 0 Å². The van der Waals surface area contributed by atoms with Gasteiger partial charge in [-0.2, -0.15) is 0 Å². The number of carbonyl (C=O) groups excluding carboxylic acids is 1. The van der Waals surface area contributed by atoms with Crippen LogP contribution in [0.2, 0.25) is 0 Å². The van der Waals surface area contributed by atoms with E-state index in [1.165, 1.54) is 0 Å². The summed E-state index contributed by atoms with van der Waals surface area (Å²) in [6.07, 6.45) is 5.28. The van der Waals surface area contributed by atoms with Gasteiger partial charge in [-0.3, -0.25) is 4.79 Å². The topological polar surface area (TPSA) is 41.1 Å². The molecule has 2 unspecified atom stereocenters. The smallest absolute Gasteiger partial charge is 0.240 e. The molecule has 0 aromatic heterocycles. The maximum atomic E-state index is 12.3. The monoisotopic (exact) mass is 224 g/mol. The fraction of sp³-hybridized carbons (Fsp3) is 0.923. The number of hydrogen-bond donors (Lipinski definition) is 2. The minimum absolute atomic E-state index is 0.238. The lowest BCUT2D eigenvalue weighted by atomic mass is 9.90. The summed E-state index contributed by atoms with van der Waals surface area (Å²) < 4.78 is 0. The van der Waals surface area contributed by atoms with Gasteiger partial charge >= 0.3 is 0 Å². The molecular formula is C13H24N2O. The quantitative estimate of drug-likeness (QED) is 0.765. The van der Waals surface area contributed by atoms with Gasteiger partial charge in [0.1, 0.15) is 0 Å². The molecule has 2 fully saturated rings. The lowest BCUT2D eigenvalue weighted by Gasteiger charge is -2.28. The second-order valence-corrected chi connectivity index (χ2v) is 6.08. The Morgan fingerprint density at radius 3 is 2.62 bits per heavy atom. The summed E-state index contributed by atoms with van der Waals surface area (Å²) in [6.45, 7) is 7.57. The van der Waals surface area contributed by atoms with Gasteiger partial charge in [0.2, 0.25) is 5.91 Å². The van der Waals surface area contributed by atoms with Crippen molar-refractivity contribution < 1.29 is 4.79 Å². The summed E-state index contributed by atoms with van der Waals surface area (Å²) >= 11 is 0. The van der Waals surface area contributed by atoms with Crippen LogP contribution in [-0.2, 0) is 4.79 Å². The maximum absolute atomic E-state index is 12.3. The standard InChI is InChI=1S/C13H24N2O/c1-4-6-13(7-5-8-14-13)11(16)15-10-9-12(10,2)3/h10,14H,4-9H2,1-3H3,(H,15,16). The predicted octanol–water partition coefficient (Wildman–Crippen LogP) is 1.82. The SMILES string of the molecule is CCCC1(C(=O)NC2CC2(C)C)CCCN1. The number of amides is 1. The number of rotatable bonds is 4. The van der Waals surface area contributed by atoms with E-state index in [0.717, 1.165) is 38.6 Å². The Labute approximate surface area is 98.4 Å². The molecule has 16 heavy (non-hydrogen) atoms. The fourth-order valence-electron chi connectivity index (χ4n) is 2.76. The highest BCUT2D eigenvalue weighted by Crippen LogP contribution is 2.45. The Kier molecular flexibility index (Phi) is 2.99. The van der Waals surface area contributed by atoms with E-state index in [9.17, 15) is 4.79 Å². The molecule has 1 heterocycles. The van der Waals surface area contributed by atoms with Gasteiger partial charge in [-0.25, -0.2) is 0 Å². The van der Waals surface area contributed by atoms with Gasteiger partial charge in [0, 0.05) is 6.04 Å². The Hall–Kier alpha value is -0.570.